The predicted molar refractivity (Wildman–Crippen MR) is 114 cm³/mol. The lowest BCUT2D eigenvalue weighted by Crippen LogP contribution is -2.24. The SMILES string of the molecule is COc1cc2nccc(Oc3ccc(C(=O)OC(C)(C)C)c(Cl)c3)c2cc1C(N)=O. The predicted octanol–water partition coefficient (Wildman–Crippen LogP) is 4.74. The Morgan fingerprint density at radius 2 is 1.77 bits per heavy atom. The van der Waals surface area contributed by atoms with Crippen LogP contribution in [0.5, 0.6) is 17.2 Å². The molecule has 0 radical (unpaired) electrons. The van der Waals surface area contributed by atoms with Gasteiger partial charge in [0.1, 0.15) is 22.8 Å². The first-order chi connectivity index (χ1) is 14.1. The lowest BCUT2D eigenvalue weighted by molar-refractivity contribution is 0.00696. The van der Waals surface area contributed by atoms with Crippen molar-refractivity contribution in [2.45, 2.75) is 26.4 Å². The van der Waals surface area contributed by atoms with E-state index < -0.39 is 17.5 Å². The Kier molecular flexibility index (Phi) is 5.85. The molecule has 0 atom stereocenters. The second kappa shape index (κ2) is 8.20. The number of aromatic nitrogens is 1. The molecule has 1 amide bonds. The van der Waals surface area contributed by atoms with Crippen molar-refractivity contribution in [2.75, 3.05) is 7.11 Å². The van der Waals surface area contributed by atoms with Gasteiger partial charge in [0, 0.05) is 23.7 Å². The molecule has 0 aliphatic rings. The highest BCUT2D eigenvalue weighted by atomic mass is 35.5. The quantitative estimate of drug-likeness (QED) is 0.589. The van der Waals surface area contributed by atoms with Gasteiger partial charge in [-0.15, -0.1) is 0 Å². The molecule has 30 heavy (non-hydrogen) atoms. The van der Waals surface area contributed by atoms with Gasteiger partial charge in [-0.1, -0.05) is 11.6 Å². The second-order valence-electron chi connectivity index (χ2n) is 7.49. The standard InChI is InChI=1S/C22H21ClN2O5/c1-22(2,3)30-21(27)13-6-5-12(9-16(13)23)29-18-7-8-25-17-11-19(28-4)15(20(24)26)10-14(17)18/h5-11H,1-4H3,(H2,24,26). The van der Waals surface area contributed by atoms with Crippen LogP contribution in [-0.2, 0) is 4.74 Å². The summed E-state index contributed by atoms with van der Waals surface area (Å²) in [6.45, 7) is 5.33. The molecule has 3 aromatic rings. The minimum atomic E-state index is -0.634. The molecule has 0 aliphatic heterocycles. The molecule has 0 saturated heterocycles. The summed E-state index contributed by atoms with van der Waals surface area (Å²) in [7, 11) is 1.45. The van der Waals surface area contributed by atoms with Gasteiger partial charge in [0.15, 0.2) is 0 Å². The van der Waals surface area contributed by atoms with Gasteiger partial charge in [0.2, 0.25) is 0 Å². The van der Waals surface area contributed by atoms with Crippen molar-refractivity contribution in [3.8, 4) is 17.2 Å². The third-order valence-electron chi connectivity index (χ3n) is 4.08. The van der Waals surface area contributed by atoms with Crippen LogP contribution in [0.15, 0.2) is 42.6 Å². The summed E-state index contributed by atoms with van der Waals surface area (Å²) in [5.41, 5.74) is 5.82. The van der Waals surface area contributed by atoms with Crippen LogP contribution >= 0.6 is 11.6 Å². The van der Waals surface area contributed by atoms with Gasteiger partial charge >= 0.3 is 5.97 Å². The van der Waals surface area contributed by atoms with Crippen molar-refractivity contribution in [2.24, 2.45) is 5.73 Å². The zero-order valence-corrected chi connectivity index (χ0v) is 17.7. The molecule has 2 aromatic carbocycles. The number of halogens is 1. The molecule has 156 valence electrons. The van der Waals surface area contributed by atoms with Crippen molar-refractivity contribution in [1.82, 2.24) is 4.98 Å². The highest BCUT2D eigenvalue weighted by Crippen LogP contribution is 2.34. The number of nitrogens with zero attached hydrogens (tertiary/aromatic N) is 1. The van der Waals surface area contributed by atoms with E-state index in [1.54, 1.807) is 51.2 Å². The molecule has 0 unspecified atom stereocenters. The lowest BCUT2D eigenvalue weighted by Gasteiger charge is -2.20. The topological polar surface area (TPSA) is 101 Å². The molecule has 3 rings (SSSR count). The van der Waals surface area contributed by atoms with E-state index in [0.29, 0.717) is 28.2 Å². The Morgan fingerprint density at radius 1 is 1.03 bits per heavy atom. The van der Waals surface area contributed by atoms with Crippen LogP contribution in [0.2, 0.25) is 5.02 Å². The monoisotopic (exact) mass is 428 g/mol. The van der Waals surface area contributed by atoms with Gasteiger partial charge < -0.3 is 19.9 Å². The summed E-state index contributed by atoms with van der Waals surface area (Å²) in [6.07, 6.45) is 1.57. The van der Waals surface area contributed by atoms with Crippen LogP contribution < -0.4 is 15.2 Å². The number of esters is 1. The molecule has 2 N–H and O–H groups in total. The van der Waals surface area contributed by atoms with Crippen molar-refractivity contribution in [3.63, 3.8) is 0 Å². The molecular weight excluding hydrogens is 408 g/mol. The van der Waals surface area contributed by atoms with E-state index in [1.807, 2.05) is 0 Å². The largest absolute Gasteiger partial charge is 0.496 e. The fraction of sp³-hybridized carbons (Fsp3) is 0.227. The molecule has 0 aliphatic carbocycles. The van der Waals surface area contributed by atoms with Gasteiger partial charge in [0.05, 0.1) is 28.8 Å². The van der Waals surface area contributed by atoms with Crippen LogP contribution in [0.3, 0.4) is 0 Å². The number of benzene rings is 2. The first-order valence-corrected chi connectivity index (χ1v) is 9.44. The van der Waals surface area contributed by atoms with Gasteiger partial charge in [-0.2, -0.15) is 0 Å². The number of primary amides is 1. The average molecular weight is 429 g/mol. The van der Waals surface area contributed by atoms with E-state index in [0.717, 1.165) is 0 Å². The van der Waals surface area contributed by atoms with E-state index >= 15 is 0 Å². The van der Waals surface area contributed by atoms with Crippen molar-refractivity contribution in [1.29, 1.82) is 0 Å². The number of amides is 1. The summed E-state index contributed by atoms with van der Waals surface area (Å²) in [6, 6.07) is 9.49. The molecule has 0 bridgehead atoms. The minimum absolute atomic E-state index is 0.194. The summed E-state index contributed by atoms with van der Waals surface area (Å²) in [4.78, 5) is 28.3. The molecule has 0 fully saturated rings. The number of fused-ring (bicyclic) bond motifs is 1. The smallest absolute Gasteiger partial charge is 0.340 e. The number of pyridine rings is 1. The highest BCUT2D eigenvalue weighted by molar-refractivity contribution is 6.33. The lowest BCUT2D eigenvalue weighted by atomic mass is 10.1. The van der Waals surface area contributed by atoms with Crippen LogP contribution in [0.4, 0.5) is 0 Å². The molecule has 0 spiro atoms. The number of rotatable bonds is 5. The van der Waals surface area contributed by atoms with E-state index in [9.17, 15) is 9.59 Å². The van der Waals surface area contributed by atoms with E-state index in [1.165, 1.54) is 19.2 Å². The zero-order valence-electron chi connectivity index (χ0n) is 17.0. The fourth-order valence-electron chi connectivity index (χ4n) is 2.78. The number of carbonyl (C=O) groups excluding carboxylic acids is 2. The van der Waals surface area contributed by atoms with Gasteiger partial charge in [0.25, 0.3) is 5.91 Å². The molecule has 0 saturated carbocycles. The summed E-state index contributed by atoms with van der Waals surface area (Å²) in [5, 5.41) is 0.763. The molecule has 1 heterocycles. The van der Waals surface area contributed by atoms with Gasteiger partial charge in [-0.25, -0.2) is 4.79 Å². The summed E-state index contributed by atoms with van der Waals surface area (Å²) in [5.74, 6) is 0.00631. The van der Waals surface area contributed by atoms with Crippen LogP contribution in [0.1, 0.15) is 41.5 Å². The highest BCUT2D eigenvalue weighted by Gasteiger charge is 2.21. The Balaban J connectivity index is 1.96. The van der Waals surface area contributed by atoms with E-state index in [-0.39, 0.29) is 16.1 Å². The van der Waals surface area contributed by atoms with Crippen LogP contribution in [0, 0.1) is 0 Å². The Bertz CT molecular complexity index is 1140. The maximum Gasteiger partial charge on any atom is 0.340 e. The number of hydrogen-bond donors (Lipinski definition) is 1. The van der Waals surface area contributed by atoms with E-state index in [4.69, 9.17) is 31.5 Å². The second-order valence-corrected chi connectivity index (χ2v) is 7.90. The maximum atomic E-state index is 12.3. The van der Waals surface area contributed by atoms with Crippen LogP contribution in [-0.4, -0.2) is 29.6 Å². The molecule has 7 nitrogen and oxygen atoms in total. The third-order valence-corrected chi connectivity index (χ3v) is 4.39. The van der Waals surface area contributed by atoms with Gasteiger partial charge in [-0.3, -0.25) is 9.78 Å². The van der Waals surface area contributed by atoms with Crippen LogP contribution in [0.25, 0.3) is 10.9 Å². The normalized spacial score (nSPS) is 11.2. The third kappa shape index (κ3) is 4.63. The number of carbonyl (C=O) groups is 2. The van der Waals surface area contributed by atoms with Crippen molar-refractivity contribution in [3.05, 3.63) is 58.7 Å². The zero-order chi connectivity index (χ0) is 22.1. The summed E-state index contributed by atoms with van der Waals surface area (Å²) >= 11 is 6.27. The molecule has 1 aromatic heterocycles. The van der Waals surface area contributed by atoms with Gasteiger partial charge in [-0.05, 0) is 45.0 Å². The molecule has 8 heteroatoms. The number of ether oxygens (including phenoxy) is 3. The first kappa shape index (κ1) is 21.4. The molecular formula is C22H21ClN2O5. The fourth-order valence-corrected chi connectivity index (χ4v) is 3.03. The number of hydrogen-bond acceptors (Lipinski definition) is 6. The minimum Gasteiger partial charge on any atom is -0.496 e. The Labute approximate surface area is 178 Å². The van der Waals surface area contributed by atoms with Crippen molar-refractivity contribution >= 4 is 34.4 Å². The number of nitrogens with two attached hydrogens (primary N) is 1. The Hall–Kier alpha value is -3.32. The Morgan fingerprint density at radius 3 is 2.37 bits per heavy atom. The number of methoxy groups -OCH3 is 1. The average Bonchev–Trinajstić information content (AvgIpc) is 2.65. The maximum absolute atomic E-state index is 12.3. The van der Waals surface area contributed by atoms with Crippen molar-refractivity contribution < 1.29 is 23.8 Å². The first-order valence-electron chi connectivity index (χ1n) is 9.06. The summed E-state index contributed by atoms with van der Waals surface area (Å²) < 4.78 is 16.5. The van der Waals surface area contributed by atoms with E-state index in [2.05, 4.69) is 4.98 Å².